The van der Waals surface area contributed by atoms with E-state index in [1.54, 1.807) is 0 Å². The zero-order chi connectivity index (χ0) is 21.0. The van der Waals surface area contributed by atoms with E-state index in [0.717, 1.165) is 34.3 Å². The molecule has 0 saturated carbocycles. The Balaban J connectivity index is 1.54. The lowest BCUT2D eigenvalue weighted by Gasteiger charge is -2.30. The Hall–Kier alpha value is -3.41. The molecule has 0 spiro atoms. The summed E-state index contributed by atoms with van der Waals surface area (Å²) < 4.78 is 4.15. The molecule has 6 nitrogen and oxygen atoms in total. The van der Waals surface area contributed by atoms with Crippen LogP contribution in [-0.4, -0.2) is 31.9 Å². The Morgan fingerprint density at radius 1 is 1.10 bits per heavy atom. The van der Waals surface area contributed by atoms with Crippen molar-refractivity contribution in [2.45, 2.75) is 45.8 Å². The zero-order valence-corrected chi connectivity index (χ0v) is 17.3. The Morgan fingerprint density at radius 2 is 1.90 bits per heavy atom. The lowest BCUT2D eigenvalue weighted by atomic mass is 10.1. The van der Waals surface area contributed by atoms with Crippen LogP contribution in [-0.2, 0) is 13.0 Å². The van der Waals surface area contributed by atoms with Gasteiger partial charge in [-0.25, -0.2) is 4.98 Å². The van der Waals surface area contributed by atoms with Crippen LogP contribution < -0.4 is 5.32 Å². The number of Topliss-reactive ketones (excluding diaryl/α,β-unsaturated/α-hetero) is 1. The quantitative estimate of drug-likeness (QED) is 0.524. The summed E-state index contributed by atoms with van der Waals surface area (Å²) >= 11 is 0. The summed E-state index contributed by atoms with van der Waals surface area (Å²) in [5.41, 5.74) is 4.17. The van der Waals surface area contributed by atoms with Crippen LogP contribution in [0.2, 0.25) is 0 Å². The first-order valence-corrected chi connectivity index (χ1v) is 10.4. The van der Waals surface area contributed by atoms with Gasteiger partial charge < -0.3 is 14.5 Å². The number of para-hydroxylation sites is 2. The van der Waals surface area contributed by atoms with Crippen LogP contribution in [0.15, 0.2) is 48.5 Å². The summed E-state index contributed by atoms with van der Waals surface area (Å²) in [4.78, 5) is 30.3. The first-order chi connectivity index (χ1) is 14.5. The average Bonchev–Trinajstić information content (AvgIpc) is 3.29. The first kappa shape index (κ1) is 18.6. The molecule has 5 rings (SSSR count). The van der Waals surface area contributed by atoms with Crippen molar-refractivity contribution in [3.8, 4) is 0 Å². The molecule has 0 bridgehead atoms. The summed E-state index contributed by atoms with van der Waals surface area (Å²) in [6.07, 6.45) is 0.244. The number of carbonyl (C=O) groups excluding carboxylic acids is 2. The molecule has 4 aromatic rings. The molecule has 2 aromatic heterocycles. The number of hydrogen-bond donors (Lipinski definition) is 1. The van der Waals surface area contributed by atoms with Gasteiger partial charge in [0, 0.05) is 29.1 Å². The third-order valence-electron chi connectivity index (χ3n) is 6.25. The van der Waals surface area contributed by atoms with Gasteiger partial charge in [0.15, 0.2) is 5.78 Å². The minimum atomic E-state index is -0.0682. The van der Waals surface area contributed by atoms with Gasteiger partial charge in [-0.2, -0.15) is 0 Å². The maximum Gasteiger partial charge on any atom is 0.268 e. The molecule has 0 radical (unpaired) electrons. The number of fused-ring (bicyclic) bond motifs is 4. The molecule has 6 heteroatoms. The largest absolute Gasteiger partial charge is 0.346 e. The highest BCUT2D eigenvalue weighted by molar-refractivity contribution is 6.04. The molecule has 30 heavy (non-hydrogen) atoms. The maximum atomic E-state index is 13.2. The number of ketones is 1. The van der Waals surface area contributed by atoms with E-state index in [2.05, 4.69) is 33.3 Å². The lowest BCUT2D eigenvalue weighted by Crippen LogP contribution is -2.44. The Kier molecular flexibility index (Phi) is 4.24. The van der Waals surface area contributed by atoms with Crippen LogP contribution in [0.3, 0.4) is 0 Å². The predicted molar refractivity (Wildman–Crippen MR) is 117 cm³/mol. The molecular formula is C24H24N4O2. The Bertz CT molecular complexity index is 1310. The predicted octanol–water partition coefficient (Wildman–Crippen LogP) is 4.13. The third kappa shape index (κ3) is 2.75. The summed E-state index contributed by atoms with van der Waals surface area (Å²) in [7, 11) is 0. The minimum Gasteiger partial charge on any atom is -0.346 e. The van der Waals surface area contributed by atoms with Crippen molar-refractivity contribution in [2.75, 3.05) is 0 Å². The highest BCUT2D eigenvalue weighted by Gasteiger charge is 2.29. The summed E-state index contributed by atoms with van der Waals surface area (Å²) in [5, 5.41) is 3.97. The van der Waals surface area contributed by atoms with Gasteiger partial charge in [0.2, 0.25) is 0 Å². The fourth-order valence-corrected chi connectivity index (χ4v) is 4.49. The second-order valence-electron chi connectivity index (χ2n) is 8.04. The molecule has 3 heterocycles. The second-order valence-corrected chi connectivity index (χ2v) is 8.04. The van der Waals surface area contributed by atoms with E-state index >= 15 is 0 Å². The fraction of sp³-hybridized carbons (Fsp3) is 0.292. The first-order valence-electron chi connectivity index (χ1n) is 10.4. The number of benzene rings is 2. The highest BCUT2D eigenvalue weighted by atomic mass is 16.2. The van der Waals surface area contributed by atoms with Crippen LogP contribution in [0.25, 0.3) is 21.9 Å². The molecule has 0 unspecified atom stereocenters. The normalized spacial score (nSPS) is 18.6. The topological polar surface area (TPSA) is 68.9 Å². The molecule has 152 valence electrons. The molecular weight excluding hydrogens is 376 g/mol. The molecule has 2 atom stereocenters. The van der Waals surface area contributed by atoms with E-state index in [0.29, 0.717) is 11.3 Å². The SMILES string of the molecule is CCn1c(CC(=O)c2ccc3cc4n(c3c2)[C@@H](C)[C@H](C)NC4=O)nc2ccccc21. The average molecular weight is 400 g/mol. The summed E-state index contributed by atoms with van der Waals surface area (Å²) in [5.74, 6) is 0.738. The van der Waals surface area contributed by atoms with Crippen molar-refractivity contribution < 1.29 is 9.59 Å². The molecule has 0 aliphatic carbocycles. The number of amides is 1. The Labute approximate surface area is 174 Å². The van der Waals surface area contributed by atoms with E-state index < -0.39 is 0 Å². The van der Waals surface area contributed by atoms with Crippen LogP contribution >= 0.6 is 0 Å². The van der Waals surface area contributed by atoms with Crippen LogP contribution in [0.5, 0.6) is 0 Å². The highest BCUT2D eigenvalue weighted by Crippen LogP contribution is 2.30. The molecule has 1 N–H and O–H groups in total. The number of aryl methyl sites for hydroxylation is 1. The smallest absolute Gasteiger partial charge is 0.268 e. The molecule has 2 aromatic carbocycles. The molecule has 1 amide bonds. The molecule has 1 aliphatic rings. The van der Waals surface area contributed by atoms with Gasteiger partial charge in [-0.15, -0.1) is 0 Å². The van der Waals surface area contributed by atoms with E-state index in [1.807, 2.05) is 55.5 Å². The minimum absolute atomic E-state index is 0.0263. The summed E-state index contributed by atoms with van der Waals surface area (Å²) in [6, 6.07) is 15.7. The molecule has 0 fully saturated rings. The maximum absolute atomic E-state index is 13.2. The van der Waals surface area contributed by atoms with Crippen molar-refractivity contribution in [3.63, 3.8) is 0 Å². The molecule has 0 saturated heterocycles. The van der Waals surface area contributed by atoms with Crippen LogP contribution in [0, 0.1) is 0 Å². The van der Waals surface area contributed by atoms with Gasteiger partial charge in [0.25, 0.3) is 5.91 Å². The van der Waals surface area contributed by atoms with E-state index in [-0.39, 0.29) is 30.2 Å². The van der Waals surface area contributed by atoms with Crippen LogP contribution in [0.1, 0.15) is 53.5 Å². The lowest BCUT2D eigenvalue weighted by molar-refractivity contribution is 0.0891. The van der Waals surface area contributed by atoms with Crippen molar-refractivity contribution in [1.29, 1.82) is 0 Å². The monoisotopic (exact) mass is 400 g/mol. The van der Waals surface area contributed by atoms with Gasteiger partial charge in [-0.05, 0) is 45.0 Å². The molecule has 1 aliphatic heterocycles. The number of nitrogens with one attached hydrogen (secondary N) is 1. The van der Waals surface area contributed by atoms with E-state index in [4.69, 9.17) is 0 Å². The number of imidazole rings is 1. The van der Waals surface area contributed by atoms with Crippen molar-refractivity contribution in [3.05, 3.63) is 65.6 Å². The zero-order valence-electron chi connectivity index (χ0n) is 17.3. The van der Waals surface area contributed by atoms with Crippen molar-refractivity contribution in [1.82, 2.24) is 19.4 Å². The van der Waals surface area contributed by atoms with Gasteiger partial charge in [-0.3, -0.25) is 9.59 Å². The number of aromatic nitrogens is 3. The number of carbonyl (C=O) groups is 2. The van der Waals surface area contributed by atoms with E-state index in [9.17, 15) is 9.59 Å². The van der Waals surface area contributed by atoms with Crippen molar-refractivity contribution in [2.24, 2.45) is 0 Å². The third-order valence-corrected chi connectivity index (χ3v) is 6.25. The van der Waals surface area contributed by atoms with Crippen LogP contribution in [0.4, 0.5) is 0 Å². The van der Waals surface area contributed by atoms with Gasteiger partial charge in [-0.1, -0.05) is 24.3 Å². The van der Waals surface area contributed by atoms with Gasteiger partial charge in [0.05, 0.1) is 23.5 Å². The van der Waals surface area contributed by atoms with E-state index in [1.165, 1.54) is 0 Å². The second kappa shape index (κ2) is 6.83. The van der Waals surface area contributed by atoms with Crippen molar-refractivity contribution >= 4 is 33.6 Å². The fourth-order valence-electron chi connectivity index (χ4n) is 4.49. The number of nitrogens with zero attached hydrogens (tertiary/aromatic N) is 3. The van der Waals surface area contributed by atoms with Gasteiger partial charge in [0.1, 0.15) is 11.5 Å². The number of hydrogen-bond acceptors (Lipinski definition) is 3. The summed E-state index contributed by atoms with van der Waals surface area (Å²) in [6.45, 7) is 6.92. The number of rotatable bonds is 4. The van der Waals surface area contributed by atoms with Gasteiger partial charge >= 0.3 is 0 Å². The Morgan fingerprint density at radius 3 is 2.70 bits per heavy atom. The standard InChI is InChI=1S/C24H24N4O2/c1-4-27-19-8-6-5-7-18(19)26-23(27)13-22(29)17-10-9-16-11-21-24(30)25-14(2)15(3)28(21)20(16)12-17/h5-12,14-15H,4,13H2,1-3H3,(H,25,30)/t14-,15-/m0/s1.